The second-order valence-corrected chi connectivity index (χ2v) is 6.77. The van der Waals surface area contributed by atoms with Crippen LogP contribution in [0.3, 0.4) is 0 Å². The third-order valence-corrected chi connectivity index (χ3v) is 4.59. The summed E-state index contributed by atoms with van der Waals surface area (Å²) in [5.74, 6) is -0.251. The maximum Gasteiger partial charge on any atom is 0.329 e. The number of rotatable bonds is 4. The second kappa shape index (κ2) is 6.84. The first kappa shape index (κ1) is 17.4. The lowest BCUT2D eigenvalue weighted by atomic mass is 10.1. The van der Waals surface area contributed by atoms with Crippen molar-refractivity contribution in [1.82, 2.24) is 14.9 Å². The van der Waals surface area contributed by atoms with Gasteiger partial charge in [-0.25, -0.2) is 4.79 Å². The average Bonchev–Trinajstić information content (AvgIpc) is 3.08. The van der Waals surface area contributed by atoms with Gasteiger partial charge in [0.15, 0.2) is 0 Å². The zero-order valence-corrected chi connectivity index (χ0v) is 14.7. The van der Waals surface area contributed by atoms with Crippen LogP contribution in [-0.2, 0) is 4.74 Å². The molecule has 25 heavy (non-hydrogen) atoms. The molecule has 1 saturated heterocycles. The molecule has 1 aliphatic heterocycles. The third kappa shape index (κ3) is 3.37. The Labute approximate surface area is 145 Å². The van der Waals surface area contributed by atoms with E-state index in [0.29, 0.717) is 16.5 Å². The summed E-state index contributed by atoms with van der Waals surface area (Å²) in [7, 11) is 0. The minimum atomic E-state index is -0.474. The molecule has 1 amide bonds. The monoisotopic (exact) mass is 345 g/mol. The molecule has 0 spiro atoms. The Hall–Kier alpha value is -2.41. The maximum atomic E-state index is 12.5. The first-order valence-corrected chi connectivity index (χ1v) is 8.59. The van der Waals surface area contributed by atoms with E-state index < -0.39 is 5.69 Å². The van der Waals surface area contributed by atoms with Gasteiger partial charge < -0.3 is 15.0 Å². The highest BCUT2D eigenvalue weighted by atomic mass is 16.5. The lowest BCUT2D eigenvalue weighted by Gasteiger charge is -2.20. The van der Waals surface area contributed by atoms with Crippen molar-refractivity contribution in [2.45, 2.75) is 51.8 Å². The van der Waals surface area contributed by atoms with Crippen LogP contribution in [0.15, 0.2) is 27.8 Å². The summed E-state index contributed by atoms with van der Waals surface area (Å²) in [5, 5.41) is 3.31. The molecule has 2 atom stereocenters. The molecule has 1 aliphatic rings. The lowest BCUT2D eigenvalue weighted by Crippen LogP contribution is -2.41. The van der Waals surface area contributed by atoms with Crippen LogP contribution in [-0.4, -0.2) is 34.2 Å². The van der Waals surface area contributed by atoms with Crippen LogP contribution in [0.5, 0.6) is 0 Å². The van der Waals surface area contributed by atoms with E-state index in [1.165, 1.54) is 4.57 Å². The van der Waals surface area contributed by atoms with E-state index in [9.17, 15) is 14.4 Å². The summed E-state index contributed by atoms with van der Waals surface area (Å²) in [5.41, 5.74) is -0.0646. The number of aromatic amines is 1. The molecule has 1 aromatic carbocycles. The first-order chi connectivity index (χ1) is 11.9. The van der Waals surface area contributed by atoms with Crippen LogP contribution in [0.1, 0.15) is 50.0 Å². The zero-order chi connectivity index (χ0) is 18.1. The number of benzene rings is 1. The number of nitrogens with one attached hydrogen (secondary N) is 2. The molecule has 1 aromatic heterocycles. The van der Waals surface area contributed by atoms with E-state index in [2.05, 4.69) is 10.3 Å². The Morgan fingerprint density at radius 1 is 1.32 bits per heavy atom. The molecule has 3 rings (SSSR count). The standard InChI is InChI=1S/C18H23N3O4/c1-10(2)21-17(23)13-7-6-12(9-14(13)20-18(21)24)16(22)19-11(3)15-5-4-8-25-15/h6-7,9-11,15H,4-5,8H2,1-3H3,(H,19,22)(H,20,24)/t11-,15+/m0/s1. The van der Waals surface area contributed by atoms with Gasteiger partial charge in [0, 0.05) is 18.2 Å². The molecule has 0 radical (unpaired) electrons. The van der Waals surface area contributed by atoms with Gasteiger partial charge in [0.2, 0.25) is 0 Å². The molecule has 0 saturated carbocycles. The topological polar surface area (TPSA) is 93.2 Å². The highest BCUT2D eigenvalue weighted by Crippen LogP contribution is 2.16. The summed E-state index contributed by atoms with van der Waals surface area (Å²) in [6, 6.07) is 4.39. The molecule has 2 heterocycles. The molecular formula is C18H23N3O4. The molecule has 2 aromatic rings. The SMILES string of the molecule is CC(C)n1c(=O)[nH]c2cc(C(=O)N[C@@H](C)[C@H]3CCCO3)ccc2c1=O. The normalized spacial score (nSPS) is 18.6. The highest BCUT2D eigenvalue weighted by Gasteiger charge is 2.24. The largest absolute Gasteiger partial charge is 0.376 e. The van der Waals surface area contributed by atoms with Gasteiger partial charge in [-0.2, -0.15) is 0 Å². The minimum absolute atomic E-state index is 0.0301. The smallest absolute Gasteiger partial charge is 0.329 e. The number of fused-ring (bicyclic) bond motifs is 1. The number of amides is 1. The summed E-state index contributed by atoms with van der Waals surface area (Å²) < 4.78 is 6.75. The van der Waals surface area contributed by atoms with Crippen molar-refractivity contribution in [3.8, 4) is 0 Å². The van der Waals surface area contributed by atoms with Crippen molar-refractivity contribution in [3.63, 3.8) is 0 Å². The molecular weight excluding hydrogens is 322 g/mol. The van der Waals surface area contributed by atoms with Crippen molar-refractivity contribution in [1.29, 1.82) is 0 Å². The molecule has 0 aliphatic carbocycles. The van der Waals surface area contributed by atoms with Crippen LogP contribution >= 0.6 is 0 Å². The Morgan fingerprint density at radius 3 is 2.72 bits per heavy atom. The summed E-state index contributed by atoms with van der Waals surface area (Å²) in [4.78, 5) is 39.7. The van der Waals surface area contributed by atoms with Gasteiger partial charge in [-0.15, -0.1) is 0 Å². The second-order valence-electron chi connectivity index (χ2n) is 6.77. The molecule has 134 valence electrons. The number of nitrogens with zero attached hydrogens (tertiary/aromatic N) is 1. The first-order valence-electron chi connectivity index (χ1n) is 8.59. The van der Waals surface area contributed by atoms with Crippen molar-refractivity contribution in [3.05, 3.63) is 44.6 Å². The van der Waals surface area contributed by atoms with Crippen molar-refractivity contribution in [2.24, 2.45) is 0 Å². The number of carbonyl (C=O) groups excluding carboxylic acids is 1. The molecule has 1 fully saturated rings. The Kier molecular flexibility index (Phi) is 4.76. The van der Waals surface area contributed by atoms with Crippen LogP contribution < -0.4 is 16.6 Å². The molecule has 2 N–H and O–H groups in total. The van der Waals surface area contributed by atoms with Gasteiger partial charge in [-0.3, -0.25) is 14.2 Å². The molecule has 7 heteroatoms. The van der Waals surface area contributed by atoms with Crippen LogP contribution in [0.2, 0.25) is 0 Å². The highest BCUT2D eigenvalue weighted by molar-refractivity contribution is 5.97. The van der Waals surface area contributed by atoms with Gasteiger partial charge in [0.25, 0.3) is 11.5 Å². The van der Waals surface area contributed by atoms with Crippen LogP contribution in [0, 0.1) is 0 Å². The van der Waals surface area contributed by atoms with Crippen LogP contribution in [0.4, 0.5) is 0 Å². The third-order valence-electron chi connectivity index (χ3n) is 4.59. The number of ether oxygens (including phenoxy) is 1. The molecule has 0 bridgehead atoms. The number of hydrogen-bond acceptors (Lipinski definition) is 4. The van der Waals surface area contributed by atoms with Gasteiger partial charge in [0.05, 0.1) is 23.0 Å². The number of carbonyl (C=O) groups is 1. The molecule has 0 unspecified atom stereocenters. The quantitative estimate of drug-likeness (QED) is 0.879. The lowest BCUT2D eigenvalue weighted by molar-refractivity contribution is 0.0712. The van der Waals surface area contributed by atoms with E-state index in [0.717, 1.165) is 19.4 Å². The number of aromatic nitrogens is 2. The summed E-state index contributed by atoms with van der Waals surface area (Å²) in [6.07, 6.45) is 1.97. The Morgan fingerprint density at radius 2 is 2.08 bits per heavy atom. The minimum Gasteiger partial charge on any atom is -0.376 e. The zero-order valence-electron chi connectivity index (χ0n) is 14.7. The fraction of sp³-hybridized carbons (Fsp3) is 0.500. The average molecular weight is 345 g/mol. The predicted octanol–water partition coefficient (Wildman–Crippen LogP) is 1.57. The van der Waals surface area contributed by atoms with E-state index in [1.54, 1.807) is 32.0 Å². The van der Waals surface area contributed by atoms with Gasteiger partial charge >= 0.3 is 5.69 Å². The van der Waals surface area contributed by atoms with Gasteiger partial charge in [0.1, 0.15) is 0 Å². The van der Waals surface area contributed by atoms with Crippen molar-refractivity contribution < 1.29 is 9.53 Å². The number of H-pyrrole nitrogens is 1. The Bertz CT molecular complexity index is 907. The Balaban J connectivity index is 1.90. The van der Waals surface area contributed by atoms with E-state index in [-0.39, 0.29) is 29.7 Å². The van der Waals surface area contributed by atoms with E-state index >= 15 is 0 Å². The van der Waals surface area contributed by atoms with Gasteiger partial charge in [-0.1, -0.05) is 0 Å². The van der Waals surface area contributed by atoms with E-state index in [4.69, 9.17) is 4.74 Å². The number of hydrogen-bond donors (Lipinski definition) is 2. The summed E-state index contributed by atoms with van der Waals surface area (Å²) >= 11 is 0. The predicted molar refractivity (Wildman–Crippen MR) is 95.1 cm³/mol. The van der Waals surface area contributed by atoms with Gasteiger partial charge in [-0.05, 0) is 51.8 Å². The summed E-state index contributed by atoms with van der Waals surface area (Å²) in [6.45, 7) is 6.19. The maximum absolute atomic E-state index is 12.5. The van der Waals surface area contributed by atoms with Crippen LogP contribution in [0.25, 0.3) is 10.9 Å². The van der Waals surface area contributed by atoms with E-state index in [1.807, 2.05) is 6.92 Å². The fourth-order valence-electron chi connectivity index (χ4n) is 3.22. The van der Waals surface area contributed by atoms with Crippen molar-refractivity contribution in [2.75, 3.05) is 6.61 Å². The van der Waals surface area contributed by atoms with Crippen molar-refractivity contribution >= 4 is 16.8 Å². The fourth-order valence-corrected chi connectivity index (χ4v) is 3.22. The molecule has 7 nitrogen and oxygen atoms in total.